The van der Waals surface area contributed by atoms with Gasteiger partial charge in [0.1, 0.15) is 0 Å². The quantitative estimate of drug-likeness (QED) is 0.830. The monoisotopic (exact) mass is 376 g/mol. The molecule has 1 unspecified atom stereocenters. The van der Waals surface area contributed by atoms with E-state index in [1.807, 2.05) is 12.1 Å². The Hall–Kier alpha value is -1.46. The van der Waals surface area contributed by atoms with Gasteiger partial charge < -0.3 is 20.4 Å². The van der Waals surface area contributed by atoms with Gasteiger partial charge in [0.25, 0.3) is 0 Å². The zero-order chi connectivity index (χ0) is 17.9. The Morgan fingerprint density at radius 2 is 1.77 bits per heavy atom. The first-order valence-electron chi connectivity index (χ1n) is 9.96. The molecule has 2 heterocycles. The molecular weight excluding hydrogens is 348 g/mol. The summed E-state index contributed by atoms with van der Waals surface area (Å²) in [6.07, 6.45) is 6.01. The molecule has 2 amide bonds. The summed E-state index contributed by atoms with van der Waals surface area (Å²) < 4.78 is 0. The van der Waals surface area contributed by atoms with E-state index >= 15 is 0 Å². The van der Waals surface area contributed by atoms with Gasteiger partial charge in [-0.25, -0.2) is 4.79 Å². The lowest BCUT2D eigenvalue weighted by Gasteiger charge is -2.32. The summed E-state index contributed by atoms with van der Waals surface area (Å²) in [6, 6.07) is 9.18. The average molecular weight is 377 g/mol. The number of urea groups is 1. The van der Waals surface area contributed by atoms with Crippen LogP contribution >= 0.6 is 11.6 Å². The molecule has 0 aromatic heterocycles. The summed E-state index contributed by atoms with van der Waals surface area (Å²) in [7, 11) is 0. The predicted molar refractivity (Wildman–Crippen MR) is 106 cm³/mol. The van der Waals surface area contributed by atoms with Gasteiger partial charge >= 0.3 is 6.03 Å². The van der Waals surface area contributed by atoms with E-state index in [4.69, 9.17) is 11.6 Å². The van der Waals surface area contributed by atoms with Gasteiger partial charge in [0.2, 0.25) is 0 Å². The van der Waals surface area contributed by atoms with Crippen LogP contribution in [0.3, 0.4) is 0 Å². The van der Waals surface area contributed by atoms with Gasteiger partial charge in [0, 0.05) is 55.5 Å². The largest absolute Gasteiger partial charge is 0.371 e. The fraction of sp³-hybridized carbons (Fsp3) is 0.650. The second-order valence-corrected chi connectivity index (χ2v) is 8.41. The van der Waals surface area contributed by atoms with Crippen molar-refractivity contribution in [3.63, 3.8) is 0 Å². The molecule has 26 heavy (non-hydrogen) atoms. The molecule has 0 spiro atoms. The average Bonchev–Trinajstić information content (AvgIpc) is 3.39. The molecule has 3 aliphatic rings. The van der Waals surface area contributed by atoms with Gasteiger partial charge in [-0.15, -0.1) is 0 Å². The van der Waals surface area contributed by atoms with Crippen LogP contribution in [0.15, 0.2) is 24.3 Å². The van der Waals surface area contributed by atoms with Crippen LogP contribution in [0.2, 0.25) is 5.02 Å². The van der Waals surface area contributed by atoms with Crippen molar-refractivity contribution in [3.05, 3.63) is 29.3 Å². The highest BCUT2D eigenvalue weighted by molar-refractivity contribution is 6.30. The molecule has 0 bridgehead atoms. The first kappa shape index (κ1) is 17.9. The molecule has 2 aliphatic heterocycles. The number of hydrogen-bond acceptors (Lipinski definition) is 3. The Bertz CT molecular complexity index is 611. The Morgan fingerprint density at radius 3 is 2.46 bits per heavy atom. The van der Waals surface area contributed by atoms with E-state index in [9.17, 15) is 4.79 Å². The molecule has 142 valence electrons. The number of benzene rings is 1. The minimum Gasteiger partial charge on any atom is -0.371 e. The molecule has 0 radical (unpaired) electrons. The number of rotatable bonds is 5. The Morgan fingerprint density at radius 1 is 1.04 bits per heavy atom. The lowest BCUT2D eigenvalue weighted by atomic mass is 10.1. The molecule has 5 nitrogen and oxygen atoms in total. The highest BCUT2D eigenvalue weighted by Gasteiger charge is 2.32. The van der Waals surface area contributed by atoms with Crippen LogP contribution in [0.1, 0.15) is 32.1 Å². The summed E-state index contributed by atoms with van der Waals surface area (Å²) in [6.45, 7) is 5.04. The van der Waals surface area contributed by atoms with Crippen LogP contribution in [-0.4, -0.2) is 55.7 Å². The van der Waals surface area contributed by atoms with E-state index in [-0.39, 0.29) is 6.03 Å². The fourth-order valence-corrected chi connectivity index (χ4v) is 4.33. The number of nitrogens with one attached hydrogen (secondary N) is 2. The standard InChI is InChI=1S/C20H29ClN4O/c21-16-1-3-19(4-2-16)25-10-7-15(14-25)13-22-20(26)23-17-8-11-24(12-9-17)18-5-6-18/h1-4,15,17-18H,5-14H2,(H2,22,23,26). The third-order valence-electron chi connectivity index (χ3n) is 5.96. The highest BCUT2D eigenvalue weighted by atomic mass is 35.5. The van der Waals surface area contributed by atoms with Crippen molar-refractivity contribution >= 4 is 23.3 Å². The normalized spacial score (nSPS) is 24.7. The molecule has 6 heteroatoms. The third kappa shape index (κ3) is 4.63. The van der Waals surface area contributed by atoms with Crippen molar-refractivity contribution < 1.29 is 4.79 Å². The molecule has 1 aromatic rings. The van der Waals surface area contributed by atoms with E-state index in [0.717, 1.165) is 63.1 Å². The molecule has 1 saturated carbocycles. The van der Waals surface area contributed by atoms with E-state index in [0.29, 0.717) is 12.0 Å². The minimum atomic E-state index is -0.000171. The van der Waals surface area contributed by atoms with E-state index < -0.39 is 0 Å². The van der Waals surface area contributed by atoms with E-state index in [2.05, 4.69) is 32.6 Å². The second kappa shape index (κ2) is 8.05. The number of halogens is 1. The molecule has 1 aliphatic carbocycles. The molecule has 3 fully saturated rings. The van der Waals surface area contributed by atoms with Crippen molar-refractivity contribution in [3.8, 4) is 0 Å². The second-order valence-electron chi connectivity index (χ2n) is 7.97. The van der Waals surface area contributed by atoms with Crippen LogP contribution in [0.4, 0.5) is 10.5 Å². The number of carbonyl (C=O) groups excluding carboxylic acids is 1. The first-order valence-corrected chi connectivity index (χ1v) is 10.3. The van der Waals surface area contributed by atoms with Crippen LogP contribution in [-0.2, 0) is 0 Å². The van der Waals surface area contributed by atoms with Gasteiger partial charge in [0.05, 0.1) is 0 Å². The maximum atomic E-state index is 12.2. The molecule has 4 rings (SSSR count). The number of anilines is 1. The number of carbonyl (C=O) groups is 1. The number of likely N-dealkylation sites (tertiary alicyclic amines) is 1. The lowest BCUT2D eigenvalue weighted by molar-refractivity contribution is 0.185. The highest BCUT2D eigenvalue weighted by Crippen LogP contribution is 2.29. The summed E-state index contributed by atoms with van der Waals surface area (Å²) in [4.78, 5) is 17.2. The number of piperidine rings is 1. The zero-order valence-electron chi connectivity index (χ0n) is 15.3. The Balaban J connectivity index is 1.15. The molecule has 1 atom stereocenters. The van der Waals surface area contributed by atoms with Crippen molar-refractivity contribution in [1.29, 1.82) is 0 Å². The molecule has 2 saturated heterocycles. The molecule has 1 aromatic carbocycles. The van der Waals surface area contributed by atoms with Crippen LogP contribution < -0.4 is 15.5 Å². The smallest absolute Gasteiger partial charge is 0.315 e. The van der Waals surface area contributed by atoms with Gasteiger partial charge in [-0.2, -0.15) is 0 Å². The number of hydrogen-bond donors (Lipinski definition) is 2. The van der Waals surface area contributed by atoms with Gasteiger partial charge in [-0.05, 0) is 62.3 Å². The van der Waals surface area contributed by atoms with E-state index in [1.54, 1.807) is 0 Å². The van der Waals surface area contributed by atoms with Crippen molar-refractivity contribution in [2.75, 3.05) is 37.6 Å². The van der Waals surface area contributed by atoms with Crippen molar-refractivity contribution in [2.45, 2.75) is 44.2 Å². The Labute approximate surface area is 161 Å². The van der Waals surface area contributed by atoms with Crippen LogP contribution in [0, 0.1) is 5.92 Å². The maximum absolute atomic E-state index is 12.2. The lowest BCUT2D eigenvalue weighted by Crippen LogP contribution is -2.49. The van der Waals surface area contributed by atoms with Crippen molar-refractivity contribution in [2.24, 2.45) is 5.92 Å². The SMILES string of the molecule is O=C(NCC1CCN(c2ccc(Cl)cc2)C1)NC1CCN(C2CC2)CC1. The van der Waals surface area contributed by atoms with Gasteiger partial charge in [-0.1, -0.05) is 11.6 Å². The summed E-state index contributed by atoms with van der Waals surface area (Å²) in [5.74, 6) is 0.508. The molecular formula is C20H29ClN4O. The summed E-state index contributed by atoms with van der Waals surface area (Å²) in [5.41, 5.74) is 1.21. The topological polar surface area (TPSA) is 47.6 Å². The minimum absolute atomic E-state index is 0.000171. The van der Waals surface area contributed by atoms with Crippen molar-refractivity contribution in [1.82, 2.24) is 15.5 Å². The Kier molecular flexibility index (Phi) is 5.55. The molecule has 2 N–H and O–H groups in total. The maximum Gasteiger partial charge on any atom is 0.315 e. The van der Waals surface area contributed by atoms with Gasteiger partial charge in [-0.3, -0.25) is 0 Å². The third-order valence-corrected chi connectivity index (χ3v) is 6.21. The predicted octanol–water partition coefficient (Wildman–Crippen LogP) is 3.09. The van der Waals surface area contributed by atoms with Crippen LogP contribution in [0.25, 0.3) is 0 Å². The van der Waals surface area contributed by atoms with Gasteiger partial charge in [0.15, 0.2) is 0 Å². The number of nitrogens with zero attached hydrogens (tertiary/aromatic N) is 2. The van der Waals surface area contributed by atoms with Crippen LogP contribution in [0.5, 0.6) is 0 Å². The first-order chi connectivity index (χ1) is 12.7. The number of amides is 2. The summed E-state index contributed by atoms with van der Waals surface area (Å²) >= 11 is 5.96. The fourth-order valence-electron chi connectivity index (χ4n) is 4.21. The van der Waals surface area contributed by atoms with E-state index in [1.165, 1.54) is 18.5 Å². The summed E-state index contributed by atoms with van der Waals surface area (Å²) in [5, 5.41) is 7.02. The zero-order valence-corrected chi connectivity index (χ0v) is 16.0.